The van der Waals surface area contributed by atoms with Crippen LogP contribution in [0.2, 0.25) is 0 Å². The van der Waals surface area contributed by atoms with Gasteiger partial charge in [-0.2, -0.15) is 0 Å². The fourth-order valence-electron chi connectivity index (χ4n) is 6.88. The Bertz CT molecular complexity index is 740. The molecule has 0 aromatic heterocycles. The van der Waals surface area contributed by atoms with Crippen LogP contribution >= 0.6 is 0 Å². The van der Waals surface area contributed by atoms with E-state index in [1.165, 1.54) is 49.7 Å². The van der Waals surface area contributed by atoms with Crippen molar-refractivity contribution in [1.82, 2.24) is 10.2 Å². The minimum atomic E-state index is 0.107. The summed E-state index contributed by atoms with van der Waals surface area (Å²) in [5, 5.41) is 3.51. The van der Waals surface area contributed by atoms with Crippen molar-refractivity contribution < 1.29 is 14.3 Å². The van der Waals surface area contributed by atoms with Crippen molar-refractivity contribution >= 4 is 5.91 Å². The number of nitrogens with zero attached hydrogens (tertiary/aromatic N) is 1. The molecular formula is C23H32N2O3. The van der Waals surface area contributed by atoms with Crippen molar-refractivity contribution in [2.24, 2.45) is 17.8 Å². The average Bonchev–Trinajstić information content (AvgIpc) is 2.65. The molecule has 5 heteroatoms. The summed E-state index contributed by atoms with van der Waals surface area (Å²) in [6.45, 7) is 2.20. The second kappa shape index (κ2) is 6.94. The fourth-order valence-corrected chi connectivity index (χ4v) is 6.88. The van der Waals surface area contributed by atoms with E-state index in [2.05, 4.69) is 22.3 Å². The van der Waals surface area contributed by atoms with Crippen molar-refractivity contribution in [3.8, 4) is 11.5 Å². The first kappa shape index (κ1) is 18.3. The maximum absolute atomic E-state index is 12.9. The Morgan fingerprint density at radius 3 is 2.18 bits per heavy atom. The van der Waals surface area contributed by atoms with Crippen molar-refractivity contribution in [2.45, 2.75) is 57.0 Å². The predicted molar refractivity (Wildman–Crippen MR) is 108 cm³/mol. The van der Waals surface area contributed by atoms with Crippen LogP contribution in [0.4, 0.5) is 0 Å². The summed E-state index contributed by atoms with van der Waals surface area (Å²) in [7, 11) is 3.35. The number of benzene rings is 1. The summed E-state index contributed by atoms with van der Waals surface area (Å²) in [5.74, 6) is 4.34. The van der Waals surface area contributed by atoms with Crippen LogP contribution in [0.5, 0.6) is 11.5 Å². The highest BCUT2D eigenvalue weighted by molar-refractivity contribution is 5.79. The quantitative estimate of drug-likeness (QED) is 0.847. The van der Waals surface area contributed by atoms with E-state index in [-0.39, 0.29) is 11.4 Å². The Labute approximate surface area is 167 Å². The van der Waals surface area contributed by atoms with Gasteiger partial charge in [-0.3, -0.25) is 9.69 Å². The van der Waals surface area contributed by atoms with Gasteiger partial charge in [0.1, 0.15) is 0 Å². The number of amides is 1. The fraction of sp³-hybridized carbons (Fsp3) is 0.696. The highest BCUT2D eigenvalue weighted by Crippen LogP contribution is 2.55. The molecule has 4 bridgehead atoms. The molecule has 4 fully saturated rings. The molecule has 28 heavy (non-hydrogen) atoms. The van der Waals surface area contributed by atoms with Crippen LogP contribution in [-0.2, 0) is 17.8 Å². The van der Waals surface area contributed by atoms with Gasteiger partial charge < -0.3 is 14.8 Å². The van der Waals surface area contributed by atoms with E-state index in [0.29, 0.717) is 6.54 Å². The second-order valence-electron chi connectivity index (χ2n) is 9.68. The van der Waals surface area contributed by atoms with E-state index in [9.17, 15) is 4.79 Å². The summed E-state index contributed by atoms with van der Waals surface area (Å²) in [6.07, 6.45) is 8.80. The third kappa shape index (κ3) is 3.28. The molecule has 1 amide bonds. The Morgan fingerprint density at radius 2 is 1.61 bits per heavy atom. The molecule has 4 saturated carbocycles. The number of carbonyl (C=O) groups excluding carboxylic acids is 1. The van der Waals surface area contributed by atoms with Crippen molar-refractivity contribution in [3.05, 3.63) is 23.3 Å². The number of hydrogen-bond donors (Lipinski definition) is 1. The maximum Gasteiger partial charge on any atom is 0.234 e. The molecule has 1 aliphatic heterocycles. The van der Waals surface area contributed by atoms with Gasteiger partial charge in [0, 0.05) is 18.6 Å². The molecule has 5 nitrogen and oxygen atoms in total. The Hall–Kier alpha value is -1.75. The third-order valence-electron chi connectivity index (χ3n) is 7.61. The molecule has 5 aliphatic rings. The lowest BCUT2D eigenvalue weighted by Crippen LogP contribution is -2.61. The van der Waals surface area contributed by atoms with Gasteiger partial charge in [-0.05, 0) is 86.0 Å². The molecule has 0 spiro atoms. The highest BCUT2D eigenvalue weighted by atomic mass is 16.5. The Morgan fingerprint density at radius 1 is 1.04 bits per heavy atom. The monoisotopic (exact) mass is 384 g/mol. The summed E-state index contributed by atoms with van der Waals surface area (Å²) in [4.78, 5) is 15.2. The number of nitrogens with one attached hydrogen (secondary N) is 1. The van der Waals surface area contributed by atoms with Gasteiger partial charge in [0.2, 0.25) is 5.91 Å². The number of methoxy groups -OCH3 is 2. The van der Waals surface area contributed by atoms with Crippen LogP contribution < -0.4 is 14.8 Å². The van der Waals surface area contributed by atoms with Crippen molar-refractivity contribution in [3.63, 3.8) is 0 Å². The SMILES string of the molecule is COc1cc2c(cc1OC)CN(CC(=O)NC13CC4CC(CC(C4)C1)C3)CC2. The van der Waals surface area contributed by atoms with Crippen LogP contribution in [0, 0.1) is 17.8 Å². The first-order chi connectivity index (χ1) is 13.6. The number of ether oxygens (including phenoxy) is 2. The number of fused-ring (bicyclic) bond motifs is 1. The zero-order chi connectivity index (χ0) is 19.3. The topological polar surface area (TPSA) is 50.8 Å². The lowest BCUT2D eigenvalue weighted by Gasteiger charge is -2.57. The molecule has 0 saturated heterocycles. The minimum Gasteiger partial charge on any atom is -0.493 e. The lowest BCUT2D eigenvalue weighted by atomic mass is 9.53. The Kier molecular flexibility index (Phi) is 4.53. The smallest absolute Gasteiger partial charge is 0.234 e. The van der Waals surface area contributed by atoms with Gasteiger partial charge >= 0.3 is 0 Å². The first-order valence-electron chi connectivity index (χ1n) is 10.8. The van der Waals surface area contributed by atoms with Gasteiger partial charge in [0.05, 0.1) is 20.8 Å². The summed E-state index contributed by atoms with van der Waals surface area (Å²) >= 11 is 0. The molecule has 152 valence electrons. The summed E-state index contributed by atoms with van der Waals surface area (Å²) in [5.41, 5.74) is 2.65. The van der Waals surface area contributed by atoms with Crippen LogP contribution in [0.15, 0.2) is 12.1 Å². The van der Waals surface area contributed by atoms with Crippen LogP contribution in [0.1, 0.15) is 49.7 Å². The first-order valence-corrected chi connectivity index (χ1v) is 10.8. The summed E-state index contributed by atoms with van der Waals surface area (Å²) in [6, 6.07) is 4.15. The van der Waals surface area contributed by atoms with Crippen molar-refractivity contribution in [2.75, 3.05) is 27.3 Å². The molecule has 1 heterocycles. The molecule has 4 aliphatic carbocycles. The van der Waals surface area contributed by atoms with Gasteiger partial charge in [-0.15, -0.1) is 0 Å². The number of hydrogen-bond acceptors (Lipinski definition) is 4. The minimum absolute atomic E-state index is 0.107. The third-order valence-corrected chi connectivity index (χ3v) is 7.61. The normalized spacial score (nSPS) is 33.4. The second-order valence-corrected chi connectivity index (χ2v) is 9.68. The number of rotatable bonds is 5. The van der Waals surface area contributed by atoms with E-state index in [1.54, 1.807) is 14.2 Å². The van der Waals surface area contributed by atoms with Gasteiger partial charge in [-0.1, -0.05) is 0 Å². The van der Waals surface area contributed by atoms with E-state index in [1.807, 2.05) is 0 Å². The van der Waals surface area contributed by atoms with Crippen LogP contribution in [0.25, 0.3) is 0 Å². The standard InChI is InChI=1S/C23H32N2O3/c1-27-20-8-18-3-4-25(13-19(18)9-21(20)28-2)14-22(26)24-23-10-15-5-16(11-23)7-17(6-15)12-23/h8-9,15-17H,3-7,10-14H2,1-2H3,(H,24,26). The zero-order valence-electron chi connectivity index (χ0n) is 17.1. The number of carbonyl (C=O) groups is 1. The van der Waals surface area contributed by atoms with E-state index >= 15 is 0 Å². The van der Waals surface area contributed by atoms with E-state index in [0.717, 1.165) is 48.8 Å². The molecule has 0 radical (unpaired) electrons. The molecular weight excluding hydrogens is 352 g/mol. The molecule has 1 N–H and O–H groups in total. The zero-order valence-corrected chi connectivity index (χ0v) is 17.1. The molecule has 0 unspecified atom stereocenters. The molecule has 0 atom stereocenters. The summed E-state index contributed by atoms with van der Waals surface area (Å²) < 4.78 is 10.9. The lowest BCUT2D eigenvalue weighted by molar-refractivity contribution is -0.128. The van der Waals surface area contributed by atoms with Gasteiger partial charge in [-0.25, -0.2) is 0 Å². The maximum atomic E-state index is 12.9. The van der Waals surface area contributed by atoms with Crippen LogP contribution in [-0.4, -0.2) is 43.7 Å². The van der Waals surface area contributed by atoms with Gasteiger partial charge in [0.25, 0.3) is 0 Å². The van der Waals surface area contributed by atoms with Crippen molar-refractivity contribution in [1.29, 1.82) is 0 Å². The highest BCUT2D eigenvalue weighted by Gasteiger charge is 2.51. The van der Waals surface area contributed by atoms with Crippen LogP contribution in [0.3, 0.4) is 0 Å². The molecule has 1 aromatic carbocycles. The molecule has 1 aromatic rings. The van der Waals surface area contributed by atoms with Gasteiger partial charge in [0.15, 0.2) is 11.5 Å². The van der Waals surface area contributed by atoms with E-state index in [4.69, 9.17) is 9.47 Å². The van der Waals surface area contributed by atoms with E-state index < -0.39 is 0 Å². The average molecular weight is 385 g/mol. The molecule has 6 rings (SSSR count). The largest absolute Gasteiger partial charge is 0.493 e. The Balaban J connectivity index is 1.23. The predicted octanol–water partition coefficient (Wildman–Crippen LogP) is 3.15.